The number of non-ortho nitro benzene ring substituents is 1. The van der Waals surface area contributed by atoms with Crippen LogP contribution in [0.2, 0.25) is 0 Å². The molecule has 1 heterocycles. The van der Waals surface area contributed by atoms with Crippen LogP contribution in [0.15, 0.2) is 46.1 Å². The van der Waals surface area contributed by atoms with Gasteiger partial charge in [-0.1, -0.05) is 0 Å². The highest BCUT2D eigenvalue weighted by Gasteiger charge is 2.10. The van der Waals surface area contributed by atoms with E-state index in [4.69, 9.17) is 0 Å². The minimum Gasteiger partial charge on any atom is -0.293 e. The first-order chi connectivity index (χ1) is 9.47. The second-order valence-electron chi connectivity index (χ2n) is 3.97. The molecule has 0 amide bonds. The van der Waals surface area contributed by atoms with Gasteiger partial charge in [0.05, 0.1) is 11.5 Å². The minimum atomic E-state index is -0.687. The summed E-state index contributed by atoms with van der Waals surface area (Å²) in [7, 11) is 0. The number of Topliss-reactive ketones (excluding diaryl/α,β-unsaturated/α-hetero) is 1. The Kier molecular flexibility index (Phi) is 3.56. The maximum Gasteiger partial charge on any atom is 0.328 e. The highest BCUT2D eigenvalue weighted by Crippen LogP contribution is 2.12. The molecule has 0 saturated heterocycles. The fourth-order valence-corrected chi connectivity index (χ4v) is 1.58. The van der Waals surface area contributed by atoms with E-state index in [1.54, 1.807) is 0 Å². The summed E-state index contributed by atoms with van der Waals surface area (Å²) in [4.78, 5) is 46.2. The Bertz CT molecular complexity index is 773. The van der Waals surface area contributed by atoms with Gasteiger partial charge in [-0.25, -0.2) is 4.79 Å². The number of nitro groups is 1. The minimum absolute atomic E-state index is 0.122. The summed E-state index contributed by atoms with van der Waals surface area (Å²) in [6.45, 7) is -0.257. The molecule has 0 bridgehead atoms. The van der Waals surface area contributed by atoms with Crippen LogP contribution in [-0.4, -0.2) is 20.3 Å². The fraction of sp³-hybridized carbons (Fsp3) is 0.0833. The molecule has 0 aliphatic rings. The molecule has 0 aliphatic carbocycles. The second kappa shape index (κ2) is 5.31. The first kappa shape index (κ1) is 13.4. The quantitative estimate of drug-likeness (QED) is 0.490. The van der Waals surface area contributed by atoms with E-state index in [1.165, 1.54) is 30.5 Å². The molecule has 0 spiro atoms. The fourth-order valence-electron chi connectivity index (χ4n) is 1.58. The summed E-state index contributed by atoms with van der Waals surface area (Å²) >= 11 is 0. The molecular formula is C12H9N3O5. The van der Waals surface area contributed by atoms with E-state index in [2.05, 4.69) is 0 Å². The topological polar surface area (TPSA) is 115 Å². The van der Waals surface area contributed by atoms with Crippen LogP contribution in [0.4, 0.5) is 5.69 Å². The summed E-state index contributed by atoms with van der Waals surface area (Å²) in [6, 6.07) is 6.19. The maximum absolute atomic E-state index is 11.9. The lowest BCUT2D eigenvalue weighted by Gasteiger charge is -2.03. The molecule has 0 aliphatic heterocycles. The van der Waals surface area contributed by atoms with Crippen LogP contribution < -0.4 is 11.2 Å². The first-order valence-corrected chi connectivity index (χ1v) is 5.55. The standard InChI is InChI=1S/C12H9N3O5/c16-10(7-14-6-5-11(17)13-12(14)18)8-1-3-9(4-2-8)15(19)20/h1-6H,7H2,(H,13,17,18). The number of aromatic amines is 1. The highest BCUT2D eigenvalue weighted by molar-refractivity contribution is 5.96. The Balaban J connectivity index is 2.21. The van der Waals surface area contributed by atoms with Gasteiger partial charge in [-0.3, -0.25) is 29.3 Å². The number of ketones is 1. The van der Waals surface area contributed by atoms with Crippen molar-refractivity contribution in [3.8, 4) is 0 Å². The predicted molar refractivity (Wildman–Crippen MR) is 68.7 cm³/mol. The normalized spacial score (nSPS) is 10.2. The molecule has 1 aromatic carbocycles. The molecule has 0 radical (unpaired) electrons. The van der Waals surface area contributed by atoms with Crippen LogP contribution in [0.1, 0.15) is 10.4 Å². The third kappa shape index (κ3) is 2.86. The highest BCUT2D eigenvalue weighted by atomic mass is 16.6. The van der Waals surface area contributed by atoms with Crippen molar-refractivity contribution in [1.82, 2.24) is 9.55 Å². The molecular weight excluding hydrogens is 266 g/mol. The molecule has 2 rings (SSSR count). The summed E-state index contributed by atoms with van der Waals surface area (Å²) in [5.74, 6) is -0.394. The summed E-state index contributed by atoms with van der Waals surface area (Å²) < 4.78 is 1.05. The summed E-state index contributed by atoms with van der Waals surface area (Å²) in [5, 5.41) is 10.5. The molecule has 20 heavy (non-hydrogen) atoms. The van der Waals surface area contributed by atoms with Crippen molar-refractivity contribution >= 4 is 11.5 Å². The molecule has 1 N–H and O–H groups in total. The van der Waals surface area contributed by atoms with E-state index in [0.717, 1.165) is 10.6 Å². The molecule has 0 saturated carbocycles. The van der Waals surface area contributed by atoms with Crippen LogP contribution in [0.5, 0.6) is 0 Å². The van der Waals surface area contributed by atoms with E-state index in [9.17, 15) is 24.5 Å². The third-order valence-corrected chi connectivity index (χ3v) is 2.61. The Hall–Kier alpha value is -3.03. The molecule has 0 unspecified atom stereocenters. The van der Waals surface area contributed by atoms with Crippen LogP contribution in [0.3, 0.4) is 0 Å². The second-order valence-corrected chi connectivity index (χ2v) is 3.97. The molecule has 0 atom stereocenters. The zero-order chi connectivity index (χ0) is 14.7. The molecule has 1 aromatic heterocycles. The molecule has 8 nitrogen and oxygen atoms in total. The monoisotopic (exact) mass is 275 g/mol. The van der Waals surface area contributed by atoms with Crippen LogP contribution in [0.25, 0.3) is 0 Å². The van der Waals surface area contributed by atoms with Crippen molar-refractivity contribution < 1.29 is 9.72 Å². The number of aromatic nitrogens is 2. The van der Waals surface area contributed by atoms with Gasteiger partial charge in [-0.2, -0.15) is 0 Å². The third-order valence-electron chi connectivity index (χ3n) is 2.61. The van der Waals surface area contributed by atoms with E-state index in [0.29, 0.717) is 0 Å². The van der Waals surface area contributed by atoms with Gasteiger partial charge in [0.2, 0.25) is 0 Å². The Morgan fingerprint density at radius 2 is 1.85 bits per heavy atom. The van der Waals surface area contributed by atoms with E-state index >= 15 is 0 Å². The number of carbonyl (C=O) groups excluding carboxylic acids is 1. The van der Waals surface area contributed by atoms with Gasteiger partial charge in [0.15, 0.2) is 5.78 Å². The molecule has 102 valence electrons. The van der Waals surface area contributed by atoms with Gasteiger partial charge >= 0.3 is 5.69 Å². The number of nitrogens with zero attached hydrogens (tertiary/aromatic N) is 2. The number of nitrogens with one attached hydrogen (secondary N) is 1. The number of rotatable bonds is 4. The molecule has 2 aromatic rings. The van der Waals surface area contributed by atoms with Crippen molar-refractivity contribution in [1.29, 1.82) is 0 Å². The number of hydrogen-bond donors (Lipinski definition) is 1. The maximum atomic E-state index is 11.9. The van der Waals surface area contributed by atoms with Gasteiger partial charge in [0.1, 0.15) is 0 Å². The zero-order valence-electron chi connectivity index (χ0n) is 10.1. The van der Waals surface area contributed by atoms with Gasteiger partial charge in [0.25, 0.3) is 11.2 Å². The van der Waals surface area contributed by atoms with Crippen molar-refractivity contribution in [3.63, 3.8) is 0 Å². The Morgan fingerprint density at radius 1 is 1.20 bits per heavy atom. The van der Waals surface area contributed by atoms with Crippen LogP contribution >= 0.6 is 0 Å². The SMILES string of the molecule is O=C(Cn1ccc(=O)[nH]c1=O)c1ccc([N+](=O)[O-])cc1. The lowest BCUT2D eigenvalue weighted by Crippen LogP contribution is -2.30. The Labute approximate surface area is 111 Å². The van der Waals surface area contributed by atoms with Gasteiger partial charge in [-0.05, 0) is 12.1 Å². The number of hydrogen-bond acceptors (Lipinski definition) is 5. The van der Waals surface area contributed by atoms with Crippen molar-refractivity contribution in [2.24, 2.45) is 0 Å². The number of H-pyrrole nitrogens is 1. The van der Waals surface area contributed by atoms with Gasteiger partial charge in [0, 0.05) is 30.0 Å². The van der Waals surface area contributed by atoms with Crippen LogP contribution in [0, 0.1) is 10.1 Å². The number of benzene rings is 1. The zero-order valence-corrected chi connectivity index (χ0v) is 10.1. The van der Waals surface area contributed by atoms with Crippen molar-refractivity contribution in [3.05, 3.63) is 73.0 Å². The summed E-state index contributed by atoms with van der Waals surface area (Å²) in [5.41, 5.74) is -1.11. The van der Waals surface area contributed by atoms with E-state index in [1.807, 2.05) is 4.98 Å². The van der Waals surface area contributed by atoms with Gasteiger partial charge < -0.3 is 0 Å². The van der Waals surface area contributed by atoms with Gasteiger partial charge in [-0.15, -0.1) is 0 Å². The van der Waals surface area contributed by atoms with Crippen molar-refractivity contribution in [2.45, 2.75) is 6.54 Å². The summed E-state index contributed by atoms with van der Waals surface area (Å²) in [6.07, 6.45) is 1.21. The number of nitro benzene ring substituents is 1. The van der Waals surface area contributed by atoms with Crippen LogP contribution in [-0.2, 0) is 6.54 Å². The number of carbonyl (C=O) groups is 1. The average molecular weight is 275 g/mol. The average Bonchev–Trinajstić information content (AvgIpc) is 2.42. The van der Waals surface area contributed by atoms with E-state index < -0.39 is 22.0 Å². The molecule has 0 fully saturated rings. The first-order valence-electron chi connectivity index (χ1n) is 5.55. The smallest absolute Gasteiger partial charge is 0.293 e. The van der Waals surface area contributed by atoms with Crippen molar-refractivity contribution in [2.75, 3.05) is 0 Å². The largest absolute Gasteiger partial charge is 0.328 e. The predicted octanol–water partition coefficient (Wildman–Crippen LogP) is 0.328. The lowest BCUT2D eigenvalue weighted by molar-refractivity contribution is -0.384. The Morgan fingerprint density at radius 3 is 2.40 bits per heavy atom. The van der Waals surface area contributed by atoms with E-state index in [-0.39, 0.29) is 17.8 Å². The lowest BCUT2D eigenvalue weighted by atomic mass is 10.1. The molecule has 8 heteroatoms.